The summed E-state index contributed by atoms with van der Waals surface area (Å²) in [6.45, 7) is 1.71. The van der Waals surface area contributed by atoms with Gasteiger partial charge in [0.05, 0.1) is 0 Å². The molecule has 3 rings (SSSR count). The lowest BCUT2D eigenvalue weighted by molar-refractivity contribution is 0.240. The van der Waals surface area contributed by atoms with Gasteiger partial charge in [0.2, 0.25) is 0 Å². The van der Waals surface area contributed by atoms with Crippen molar-refractivity contribution >= 4 is 44.5 Å². The molecule has 0 aliphatic heterocycles. The highest BCUT2D eigenvalue weighted by atomic mass is 35.5. The van der Waals surface area contributed by atoms with Gasteiger partial charge in [0.1, 0.15) is 17.2 Å². The Labute approximate surface area is 232 Å². The zero-order valence-electron chi connectivity index (χ0n) is 20.6. The molecule has 0 heterocycles. The maximum absolute atomic E-state index is 14.0. The van der Waals surface area contributed by atoms with E-state index in [9.17, 15) is 13.9 Å². The molecule has 0 saturated heterocycles. The molecule has 13 heteroatoms. The second kappa shape index (κ2) is 14.5. The summed E-state index contributed by atoms with van der Waals surface area (Å²) in [6, 6.07) is 24.3. The quantitative estimate of drug-likeness (QED) is 0.152. The number of carbonyl (C=O) groups excluding carboxylic acids is 1. The number of hydrogen-bond acceptors (Lipinski definition) is 6. The summed E-state index contributed by atoms with van der Waals surface area (Å²) in [6.07, 6.45) is 0. The lowest BCUT2D eigenvalue weighted by Crippen LogP contribution is -2.44. The van der Waals surface area contributed by atoms with Gasteiger partial charge in [-0.1, -0.05) is 54.6 Å². The molecular formula is C25H29Cl2N3O6P2. The minimum absolute atomic E-state index is 0.115. The Hall–Kier alpha value is -2.67. The maximum atomic E-state index is 14.0. The summed E-state index contributed by atoms with van der Waals surface area (Å²) in [5.41, 5.74) is 0. The Morgan fingerprint density at radius 2 is 1.16 bits per heavy atom. The zero-order chi connectivity index (χ0) is 27.4. The van der Waals surface area contributed by atoms with Crippen LogP contribution in [0.2, 0.25) is 0 Å². The van der Waals surface area contributed by atoms with Crippen LogP contribution in [0.15, 0.2) is 91.0 Å². The molecule has 0 radical (unpaired) electrons. The van der Waals surface area contributed by atoms with Crippen LogP contribution in [-0.2, 0) is 9.13 Å². The largest absolute Gasteiger partial charge is 0.452 e. The molecular weight excluding hydrogens is 571 g/mol. The molecule has 0 bridgehead atoms. The van der Waals surface area contributed by atoms with E-state index in [1.807, 2.05) is 0 Å². The van der Waals surface area contributed by atoms with E-state index in [2.05, 4.69) is 10.4 Å². The van der Waals surface area contributed by atoms with Crippen molar-refractivity contribution in [3.8, 4) is 17.2 Å². The van der Waals surface area contributed by atoms with Crippen LogP contribution in [-0.4, -0.2) is 41.3 Å². The second-order valence-electron chi connectivity index (χ2n) is 7.87. The van der Waals surface area contributed by atoms with Gasteiger partial charge in [-0.15, -0.1) is 23.2 Å². The fourth-order valence-corrected chi connectivity index (χ4v) is 7.07. The van der Waals surface area contributed by atoms with Gasteiger partial charge >= 0.3 is 21.3 Å². The third-order valence-electron chi connectivity index (χ3n) is 5.04. The highest BCUT2D eigenvalue weighted by Crippen LogP contribution is 2.52. The van der Waals surface area contributed by atoms with Crippen molar-refractivity contribution in [3.63, 3.8) is 0 Å². The van der Waals surface area contributed by atoms with Crippen LogP contribution in [0.5, 0.6) is 17.2 Å². The predicted molar refractivity (Wildman–Crippen MR) is 151 cm³/mol. The highest BCUT2D eigenvalue weighted by molar-refractivity contribution is 7.56. The first-order valence-electron chi connectivity index (χ1n) is 11.7. The van der Waals surface area contributed by atoms with Crippen molar-refractivity contribution in [1.29, 1.82) is 0 Å². The molecule has 2 unspecified atom stereocenters. The van der Waals surface area contributed by atoms with Crippen LogP contribution in [0.4, 0.5) is 4.79 Å². The van der Waals surface area contributed by atoms with E-state index in [0.717, 1.165) is 0 Å². The molecule has 2 amide bonds. The Morgan fingerprint density at radius 1 is 0.763 bits per heavy atom. The van der Waals surface area contributed by atoms with Gasteiger partial charge in [0.25, 0.3) is 0 Å². The zero-order valence-corrected chi connectivity index (χ0v) is 23.9. The number of nitrogens with zero attached hydrogens (tertiary/aromatic N) is 1. The molecule has 9 nitrogen and oxygen atoms in total. The predicted octanol–water partition coefficient (Wildman–Crippen LogP) is 6.95. The fourth-order valence-electron chi connectivity index (χ4n) is 3.21. The van der Waals surface area contributed by atoms with E-state index < -0.39 is 27.1 Å². The van der Waals surface area contributed by atoms with E-state index in [-0.39, 0.29) is 42.1 Å². The summed E-state index contributed by atoms with van der Waals surface area (Å²) in [7, 11) is -8.10. The Kier molecular flexibility index (Phi) is 11.4. The van der Waals surface area contributed by atoms with Crippen molar-refractivity contribution in [2.24, 2.45) is 0 Å². The molecule has 3 aromatic carbocycles. The van der Waals surface area contributed by atoms with Crippen molar-refractivity contribution in [2.45, 2.75) is 12.7 Å². The van der Waals surface area contributed by atoms with E-state index >= 15 is 0 Å². The van der Waals surface area contributed by atoms with Crippen LogP contribution >= 0.6 is 38.5 Å². The summed E-state index contributed by atoms with van der Waals surface area (Å²) in [5.74, 6) is -0.0944. The number of para-hydroxylation sites is 3. The van der Waals surface area contributed by atoms with Gasteiger partial charge in [0, 0.05) is 24.8 Å². The SMILES string of the molecule is CC(NC(=O)NP(=O)(Oc1ccccc1)N(CCCl)CCCl)P(=O)(Oc1ccccc1)Oc1ccccc1. The van der Waals surface area contributed by atoms with Crippen LogP contribution in [0, 0.1) is 0 Å². The number of benzene rings is 3. The van der Waals surface area contributed by atoms with Gasteiger partial charge in [-0.3, -0.25) is 0 Å². The van der Waals surface area contributed by atoms with Crippen LogP contribution in [0.1, 0.15) is 6.92 Å². The van der Waals surface area contributed by atoms with Crippen LogP contribution < -0.4 is 24.0 Å². The molecule has 0 fully saturated rings. The number of hydrogen-bond donors (Lipinski definition) is 2. The Balaban J connectivity index is 1.83. The van der Waals surface area contributed by atoms with Crippen molar-refractivity contribution in [2.75, 3.05) is 24.8 Å². The van der Waals surface area contributed by atoms with Gasteiger partial charge in [0.15, 0.2) is 5.78 Å². The smallest absolute Gasteiger partial charge is 0.418 e. The Bertz CT molecular complexity index is 1190. The number of rotatable bonds is 14. The number of alkyl halides is 2. The van der Waals surface area contributed by atoms with Crippen LogP contribution in [0.3, 0.4) is 0 Å². The number of amides is 2. The van der Waals surface area contributed by atoms with Crippen molar-refractivity contribution in [3.05, 3.63) is 91.0 Å². The number of carbonyl (C=O) groups is 1. The molecule has 0 aliphatic carbocycles. The van der Waals surface area contributed by atoms with E-state index in [1.165, 1.54) is 11.6 Å². The highest BCUT2D eigenvalue weighted by Gasteiger charge is 2.40. The molecule has 3 aromatic rings. The first kappa shape index (κ1) is 29.9. The number of halogens is 2. The molecule has 2 N–H and O–H groups in total. The third kappa shape index (κ3) is 8.69. The first-order chi connectivity index (χ1) is 18.3. The summed E-state index contributed by atoms with van der Waals surface area (Å²) < 4.78 is 46.6. The standard InChI is InChI=1S/C25H29Cl2N3O6P2/c1-21(37(32,34-22-11-5-2-6-12-22)35-23-13-7-3-8-14-23)28-25(31)29-38(33,30(19-17-26)20-18-27)36-24-15-9-4-10-16-24/h2-16,21H,17-20H2,1H3,(H2,28,29,31,33). The van der Waals surface area contributed by atoms with Gasteiger partial charge in [-0.25, -0.2) is 23.7 Å². The molecule has 2 atom stereocenters. The molecule has 0 aliphatic rings. The van der Waals surface area contributed by atoms with Crippen LogP contribution in [0.25, 0.3) is 0 Å². The topological polar surface area (TPSA) is 106 Å². The normalized spacial score (nSPS) is 13.7. The second-order valence-corrected chi connectivity index (χ2v) is 12.9. The molecule has 38 heavy (non-hydrogen) atoms. The maximum Gasteiger partial charge on any atom is 0.452 e. The number of urea groups is 1. The first-order valence-corrected chi connectivity index (χ1v) is 15.9. The van der Waals surface area contributed by atoms with Crippen molar-refractivity contribution in [1.82, 2.24) is 15.1 Å². The summed E-state index contributed by atoms with van der Waals surface area (Å²) in [4.78, 5) is 13.1. The third-order valence-corrected chi connectivity index (χ3v) is 9.47. The fraction of sp³-hybridized carbons (Fsp3) is 0.240. The molecule has 204 valence electrons. The summed E-state index contributed by atoms with van der Waals surface area (Å²) in [5, 5.41) is 4.94. The molecule has 0 aromatic heterocycles. The van der Waals surface area contributed by atoms with E-state index in [0.29, 0.717) is 0 Å². The lowest BCUT2D eigenvalue weighted by atomic mass is 10.3. The molecule has 0 saturated carbocycles. The van der Waals surface area contributed by atoms with Gasteiger partial charge in [-0.05, 0) is 43.3 Å². The molecule has 0 spiro atoms. The summed E-state index contributed by atoms with van der Waals surface area (Å²) >= 11 is 11.8. The van der Waals surface area contributed by atoms with E-state index in [1.54, 1.807) is 91.0 Å². The van der Waals surface area contributed by atoms with Gasteiger partial charge < -0.3 is 18.9 Å². The average molecular weight is 600 g/mol. The minimum Gasteiger partial charge on any atom is -0.418 e. The average Bonchev–Trinajstić information content (AvgIpc) is 2.90. The van der Waals surface area contributed by atoms with E-state index in [4.69, 9.17) is 36.8 Å². The number of nitrogens with one attached hydrogen (secondary N) is 2. The monoisotopic (exact) mass is 599 g/mol. The van der Waals surface area contributed by atoms with Gasteiger partial charge in [-0.2, -0.15) is 0 Å². The lowest BCUT2D eigenvalue weighted by Gasteiger charge is -2.31. The van der Waals surface area contributed by atoms with Crippen molar-refractivity contribution < 1.29 is 27.5 Å². The Morgan fingerprint density at radius 3 is 1.55 bits per heavy atom. The minimum atomic E-state index is -4.05.